The zero-order chi connectivity index (χ0) is 19.8. The van der Waals surface area contributed by atoms with Gasteiger partial charge in [0.2, 0.25) is 11.8 Å². The Balaban J connectivity index is 1.87. The van der Waals surface area contributed by atoms with E-state index in [2.05, 4.69) is 5.32 Å². The van der Waals surface area contributed by atoms with Crippen LogP contribution >= 0.6 is 11.6 Å². The van der Waals surface area contributed by atoms with Crippen LogP contribution in [0.15, 0.2) is 48.5 Å². The van der Waals surface area contributed by atoms with Gasteiger partial charge < -0.3 is 10.2 Å². The summed E-state index contributed by atoms with van der Waals surface area (Å²) in [7, 11) is 0. The van der Waals surface area contributed by atoms with Crippen molar-refractivity contribution in [1.82, 2.24) is 5.32 Å². The molecule has 0 aliphatic rings. The van der Waals surface area contributed by atoms with Crippen molar-refractivity contribution in [2.45, 2.75) is 26.7 Å². The van der Waals surface area contributed by atoms with Crippen molar-refractivity contribution in [1.29, 1.82) is 0 Å². The van der Waals surface area contributed by atoms with Crippen molar-refractivity contribution in [3.63, 3.8) is 0 Å². The van der Waals surface area contributed by atoms with E-state index in [1.165, 1.54) is 18.7 Å². The fourth-order valence-corrected chi connectivity index (χ4v) is 2.79. The molecule has 0 spiro atoms. The number of anilines is 1. The zero-order valence-corrected chi connectivity index (χ0v) is 16.3. The number of nitrogens with zero attached hydrogens (tertiary/aromatic N) is 1. The summed E-state index contributed by atoms with van der Waals surface area (Å²) < 4.78 is 0. The average molecular weight is 387 g/mol. The number of rotatable bonds is 8. The van der Waals surface area contributed by atoms with E-state index >= 15 is 0 Å². The monoisotopic (exact) mass is 386 g/mol. The van der Waals surface area contributed by atoms with Crippen LogP contribution < -0.4 is 10.2 Å². The normalized spacial score (nSPS) is 10.3. The van der Waals surface area contributed by atoms with Crippen LogP contribution in [0.1, 0.15) is 36.2 Å². The largest absolute Gasteiger partial charge is 0.356 e. The number of ketones is 1. The Morgan fingerprint density at radius 1 is 1.04 bits per heavy atom. The highest BCUT2D eigenvalue weighted by Gasteiger charge is 2.14. The molecule has 0 aliphatic heterocycles. The summed E-state index contributed by atoms with van der Waals surface area (Å²) in [6.07, 6.45) is 0.893. The molecule has 0 bridgehead atoms. The lowest BCUT2D eigenvalue weighted by molar-refractivity contribution is -0.121. The van der Waals surface area contributed by atoms with E-state index < -0.39 is 0 Å². The highest BCUT2D eigenvalue weighted by atomic mass is 35.5. The average Bonchev–Trinajstić information content (AvgIpc) is 2.63. The number of carbonyl (C=O) groups is 3. The fourth-order valence-electron chi connectivity index (χ4n) is 2.66. The smallest absolute Gasteiger partial charge is 0.223 e. The molecule has 2 aromatic carbocycles. The first-order valence-electron chi connectivity index (χ1n) is 8.77. The summed E-state index contributed by atoms with van der Waals surface area (Å²) in [4.78, 5) is 37.1. The predicted octanol–water partition coefficient (Wildman–Crippen LogP) is 3.64. The molecule has 142 valence electrons. The Bertz CT molecular complexity index is 818. The van der Waals surface area contributed by atoms with Crippen LogP contribution in [0.3, 0.4) is 0 Å². The van der Waals surface area contributed by atoms with Crippen LogP contribution in [0.25, 0.3) is 0 Å². The van der Waals surface area contributed by atoms with Crippen LogP contribution in [0.4, 0.5) is 5.69 Å². The molecule has 0 unspecified atom stereocenters. The number of halogens is 1. The molecule has 6 heteroatoms. The third-order valence-corrected chi connectivity index (χ3v) is 4.41. The first kappa shape index (κ1) is 20.6. The lowest BCUT2D eigenvalue weighted by Crippen LogP contribution is -2.34. The lowest BCUT2D eigenvalue weighted by atomic mass is 10.1. The molecule has 0 saturated carbocycles. The summed E-state index contributed by atoms with van der Waals surface area (Å²) in [6.45, 7) is 3.69. The van der Waals surface area contributed by atoms with Crippen molar-refractivity contribution < 1.29 is 14.4 Å². The van der Waals surface area contributed by atoms with Gasteiger partial charge in [-0.3, -0.25) is 14.4 Å². The second-order valence-corrected chi connectivity index (χ2v) is 6.69. The summed E-state index contributed by atoms with van der Waals surface area (Å²) in [6, 6.07) is 14.3. The van der Waals surface area contributed by atoms with Gasteiger partial charge in [-0.15, -0.1) is 0 Å². The molecule has 0 heterocycles. The minimum Gasteiger partial charge on any atom is -0.356 e. The third kappa shape index (κ3) is 6.53. The number of carbonyl (C=O) groups excluding carboxylic acids is 3. The minimum atomic E-state index is -0.176. The maximum Gasteiger partial charge on any atom is 0.223 e. The van der Waals surface area contributed by atoms with Gasteiger partial charge in [-0.25, -0.2) is 0 Å². The number of amides is 2. The Hall–Kier alpha value is -2.66. The van der Waals surface area contributed by atoms with E-state index in [-0.39, 0.29) is 30.6 Å². The van der Waals surface area contributed by atoms with Gasteiger partial charge in [0.1, 0.15) is 0 Å². The van der Waals surface area contributed by atoms with E-state index in [0.29, 0.717) is 29.2 Å². The van der Waals surface area contributed by atoms with Gasteiger partial charge in [-0.05, 0) is 43.2 Å². The number of nitrogens with one attached hydrogen (secondary N) is 1. The molecule has 1 N–H and O–H groups in total. The molecule has 27 heavy (non-hydrogen) atoms. The van der Waals surface area contributed by atoms with Gasteiger partial charge in [0.25, 0.3) is 0 Å². The highest BCUT2D eigenvalue weighted by molar-refractivity contribution is 6.30. The van der Waals surface area contributed by atoms with Crippen LogP contribution in [-0.4, -0.2) is 30.7 Å². The van der Waals surface area contributed by atoms with Crippen LogP contribution in [0.5, 0.6) is 0 Å². The van der Waals surface area contributed by atoms with Gasteiger partial charge in [0, 0.05) is 42.7 Å². The molecular weight excluding hydrogens is 364 g/mol. The number of benzene rings is 2. The van der Waals surface area contributed by atoms with Gasteiger partial charge in [-0.1, -0.05) is 35.9 Å². The molecule has 5 nitrogen and oxygen atoms in total. The summed E-state index contributed by atoms with van der Waals surface area (Å²) in [5.74, 6) is -0.372. The number of Topliss-reactive ketones (excluding diaryl/α,β-unsaturated/α-hetero) is 1. The molecule has 0 atom stereocenters. The summed E-state index contributed by atoms with van der Waals surface area (Å²) in [5.41, 5.74) is 2.24. The zero-order valence-electron chi connectivity index (χ0n) is 15.5. The fraction of sp³-hybridized carbons (Fsp3) is 0.286. The van der Waals surface area contributed by atoms with Crippen LogP contribution in [0, 0.1) is 0 Å². The SMILES string of the molecule is CC(=O)c1cccc(N(CCC(=O)NCCc2ccc(Cl)cc2)C(C)=O)c1. The molecule has 2 aromatic rings. The molecule has 0 aromatic heterocycles. The number of hydrogen-bond acceptors (Lipinski definition) is 3. The maximum atomic E-state index is 12.1. The van der Waals surface area contributed by atoms with Gasteiger partial charge in [-0.2, -0.15) is 0 Å². The minimum absolute atomic E-state index is 0.0692. The van der Waals surface area contributed by atoms with Crippen LogP contribution in [-0.2, 0) is 16.0 Å². The van der Waals surface area contributed by atoms with Crippen molar-refractivity contribution in [3.05, 3.63) is 64.7 Å². The molecule has 0 saturated heterocycles. The highest BCUT2D eigenvalue weighted by Crippen LogP contribution is 2.17. The van der Waals surface area contributed by atoms with E-state index in [0.717, 1.165) is 5.56 Å². The second kappa shape index (κ2) is 9.88. The predicted molar refractivity (Wildman–Crippen MR) is 107 cm³/mol. The Labute approximate surface area is 164 Å². The molecule has 2 amide bonds. The Morgan fingerprint density at radius 2 is 1.74 bits per heavy atom. The van der Waals surface area contributed by atoms with E-state index in [4.69, 9.17) is 11.6 Å². The van der Waals surface area contributed by atoms with Gasteiger partial charge in [0.05, 0.1) is 0 Å². The molecule has 0 fully saturated rings. The molecule has 2 rings (SSSR count). The Kier molecular flexibility index (Phi) is 7.55. The van der Waals surface area contributed by atoms with Gasteiger partial charge >= 0.3 is 0 Å². The topological polar surface area (TPSA) is 66.5 Å². The van der Waals surface area contributed by atoms with Crippen molar-refractivity contribution in [3.8, 4) is 0 Å². The lowest BCUT2D eigenvalue weighted by Gasteiger charge is -2.21. The maximum absolute atomic E-state index is 12.1. The van der Waals surface area contributed by atoms with Crippen LogP contribution in [0.2, 0.25) is 5.02 Å². The molecule has 0 aliphatic carbocycles. The summed E-state index contributed by atoms with van der Waals surface area (Å²) in [5, 5.41) is 3.54. The van der Waals surface area contributed by atoms with E-state index in [1.807, 2.05) is 24.3 Å². The standard InChI is InChI=1S/C21H23ClN2O3/c1-15(25)18-4-3-5-20(14-18)24(16(2)26)13-11-21(27)23-12-10-17-6-8-19(22)9-7-17/h3-9,14H,10-13H2,1-2H3,(H,23,27). The van der Waals surface area contributed by atoms with Gasteiger partial charge in [0.15, 0.2) is 5.78 Å². The first-order chi connectivity index (χ1) is 12.9. The second-order valence-electron chi connectivity index (χ2n) is 6.25. The first-order valence-corrected chi connectivity index (χ1v) is 9.15. The molecular formula is C21H23ClN2O3. The Morgan fingerprint density at radius 3 is 2.37 bits per heavy atom. The van der Waals surface area contributed by atoms with Crippen molar-refractivity contribution >= 4 is 34.9 Å². The quantitative estimate of drug-likeness (QED) is 0.704. The van der Waals surface area contributed by atoms with E-state index in [9.17, 15) is 14.4 Å². The molecule has 0 radical (unpaired) electrons. The third-order valence-electron chi connectivity index (χ3n) is 4.16. The van der Waals surface area contributed by atoms with Crippen molar-refractivity contribution in [2.24, 2.45) is 0 Å². The van der Waals surface area contributed by atoms with Crippen molar-refractivity contribution in [2.75, 3.05) is 18.0 Å². The van der Waals surface area contributed by atoms with E-state index in [1.54, 1.807) is 24.3 Å². The number of hydrogen-bond donors (Lipinski definition) is 1. The summed E-state index contributed by atoms with van der Waals surface area (Å²) >= 11 is 5.85.